The Morgan fingerprint density at radius 3 is 2.50 bits per heavy atom. The third kappa shape index (κ3) is 2.56. The molecule has 0 radical (unpaired) electrons. The van der Waals surface area contributed by atoms with E-state index in [0.717, 1.165) is 21.9 Å². The Kier molecular flexibility index (Phi) is 3.43. The highest BCUT2D eigenvalue weighted by Crippen LogP contribution is 2.22. The summed E-state index contributed by atoms with van der Waals surface area (Å²) in [6.07, 6.45) is 0. The van der Waals surface area contributed by atoms with Gasteiger partial charge in [0.1, 0.15) is 11.6 Å². The van der Waals surface area contributed by atoms with Crippen LogP contribution in [0, 0.1) is 25.5 Å². The topological polar surface area (TPSA) is 29.1 Å². The van der Waals surface area contributed by atoms with Crippen LogP contribution >= 0.6 is 11.3 Å². The van der Waals surface area contributed by atoms with Crippen molar-refractivity contribution in [2.75, 3.05) is 5.32 Å². The quantitative estimate of drug-likeness (QED) is 0.878. The summed E-state index contributed by atoms with van der Waals surface area (Å²) in [4.78, 5) is 13.8. The molecule has 0 saturated heterocycles. The second-order valence-electron chi connectivity index (χ2n) is 3.91. The zero-order valence-corrected chi connectivity index (χ0v) is 10.7. The van der Waals surface area contributed by atoms with Crippen LogP contribution in [-0.4, -0.2) is 5.91 Å². The summed E-state index contributed by atoms with van der Waals surface area (Å²) in [5, 5.41) is 2.43. The molecule has 0 aliphatic rings. The molecular weight excluding hydrogens is 256 g/mol. The van der Waals surface area contributed by atoms with E-state index in [0.29, 0.717) is 5.56 Å². The molecule has 1 heterocycles. The van der Waals surface area contributed by atoms with Gasteiger partial charge < -0.3 is 5.32 Å². The number of thiophene rings is 1. The van der Waals surface area contributed by atoms with Gasteiger partial charge in [0, 0.05) is 15.8 Å². The van der Waals surface area contributed by atoms with Crippen molar-refractivity contribution in [2.24, 2.45) is 0 Å². The van der Waals surface area contributed by atoms with Crippen molar-refractivity contribution < 1.29 is 13.6 Å². The molecule has 1 aromatic heterocycles. The van der Waals surface area contributed by atoms with Crippen LogP contribution in [0.25, 0.3) is 0 Å². The Morgan fingerprint density at radius 1 is 1.22 bits per heavy atom. The van der Waals surface area contributed by atoms with Gasteiger partial charge in [0.25, 0.3) is 5.91 Å². The number of aryl methyl sites for hydroxylation is 2. The van der Waals surface area contributed by atoms with E-state index in [1.165, 1.54) is 17.4 Å². The summed E-state index contributed by atoms with van der Waals surface area (Å²) < 4.78 is 26.1. The first-order valence-electron chi connectivity index (χ1n) is 5.31. The van der Waals surface area contributed by atoms with E-state index in [4.69, 9.17) is 0 Å². The number of benzene rings is 1. The highest BCUT2D eigenvalue weighted by atomic mass is 32.1. The van der Waals surface area contributed by atoms with Crippen molar-refractivity contribution in [3.63, 3.8) is 0 Å². The van der Waals surface area contributed by atoms with Gasteiger partial charge in [0.05, 0.1) is 11.3 Å². The third-order valence-corrected chi connectivity index (χ3v) is 3.43. The molecule has 18 heavy (non-hydrogen) atoms. The van der Waals surface area contributed by atoms with Gasteiger partial charge >= 0.3 is 0 Å². The summed E-state index contributed by atoms with van der Waals surface area (Å²) in [6, 6.07) is 4.79. The molecular formula is C13H11F2NOS. The van der Waals surface area contributed by atoms with Gasteiger partial charge in [0.15, 0.2) is 0 Å². The summed E-state index contributed by atoms with van der Waals surface area (Å²) in [5.41, 5.74) is 0.492. The molecule has 94 valence electrons. The second-order valence-corrected chi connectivity index (χ2v) is 5.37. The predicted molar refractivity (Wildman–Crippen MR) is 68.1 cm³/mol. The fraction of sp³-hybridized carbons (Fsp3) is 0.154. The molecule has 0 saturated carbocycles. The molecule has 0 aliphatic carbocycles. The van der Waals surface area contributed by atoms with E-state index >= 15 is 0 Å². The lowest BCUT2D eigenvalue weighted by Gasteiger charge is -2.05. The number of rotatable bonds is 2. The minimum Gasteiger partial charge on any atom is -0.319 e. The van der Waals surface area contributed by atoms with Crippen molar-refractivity contribution in [3.8, 4) is 0 Å². The second kappa shape index (κ2) is 4.86. The maximum absolute atomic E-state index is 13.4. The van der Waals surface area contributed by atoms with Crippen LogP contribution in [0.1, 0.15) is 20.1 Å². The first-order chi connectivity index (χ1) is 8.47. The Bertz CT molecular complexity index is 607. The van der Waals surface area contributed by atoms with E-state index in [9.17, 15) is 13.6 Å². The van der Waals surface area contributed by atoms with Gasteiger partial charge in [-0.3, -0.25) is 4.79 Å². The molecule has 1 aromatic carbocycles. The highest BCUT2D eigenvalue weighted by molar-refractivity contribution is 7.12. The predicted octanol–water partition coefficient (Wildman–Crippen LogP) is 3.90. The van der Waals surface area contributed by atoms with E-state index in [1.54, 1.807) is 6.07 Å². The zero-order chi connectivity index (χ0) is 13.3. The maximum atomic E-state index is 13.4. The summed E-state index contributed by atoms with van der Waals surface area (Å²) in [7, 11) is 0. The molecule has 1 N–H and O–H groups in total. The van der Waals surface area contributed by atoms with Gasteiger partial charge in [-0.2, -0.15) is 0 Å². The molecule has 0 atom stereocenters. The van der Waals surface area contributed by atoms with E-state index in [1.807, 2.05) is 13.8 Å². The molecule has 1 amide bonds. The zero-order valence-electron chi connectivity index (χ0n) is 9.88. The van der Waals surface area contributed by atoms with Crippen molar-refractivity contribution >= 4 is 22.9 Å². The smallest absolute Gasteiger partial charge is 0.256 e. The Hall–Kier alpha value is -1.75. The molecule has 2 nitrogen and oxygen atoms in total. The third-order valence-electron chi connectivity index (χ3n) is 2.46. The monoisotopic (exact) mass is 267 g/mol. The van der Waals surface area contributed by atoms with Gasteiger partial charge in [-0.1, -0.05) is 0 Å². The minimum atomic E-state index is -0.784. The van der Waals surface area contributed by atoms with Crippen LogP contribution in [-0.2, 0) is 0 Å². The van der Waals surface area contributed by atoms with E-state index in [2.05, 4.69) is 5.32 Å². The first kappa shape index (κ1) is 12.7. The Morgan fingerprint density at radius 2 is 1.94 bits per heavy atom. The number of hydrogen-bond donors (Lipinski definition) is 1. The van der Waals surface area contributed by atoms with E-state index < -0.39 is 11.6 Å². The largest absolute Gasteiger partial charge is 0.319 e. The van der Waals surface area contributed by atoms with Crippen LogP contribution in [0.15, 0.2) is 24.3 Å². The SMILES string of the molecule is Cc1cc(C(=O)Nc2ccc(F)cc2F)c(C)s1. The molecule has 0 fully saturated rings. The average molecular weight is 267 g/mol. The van der Waals surface area contributed by atoms with Crippen molar-refractivity contribution in [1.82, 2.24) is 0 Å². The van der Waals surface area contributed by atoms with Gasteiger partial charge in [0.2, 0.25) is 0 Å². The van der Waals surface area contributed by atoms with Crippen molar-refractivity contribution in [2.45, 2.75) is 13.8 Å². The van der Waals surface area contributed by atoms with Crippen LogP contribution in [0.5, 0.6) is 0 Å². The summed E-state index contributed by atoms with van der Waals surface area (Å²) >= 11 is 1.50. The molecule has 2 aromatic rings. The Balaban J connectivity index is 2.24. The number of carbonyl (C=O) groups is 1. The number of hydrogen-bond acceptors (Lipinski definition) is 2. The summed E-state index contributed by atoms with van der Waals surface area (Å²) in [5.74, 6) is -1.84. The van der Waals surface area contributed by atoms with Crippen molar-refractivity contribution in [3.05, 3.63) is 51.2 Å². The first-order valence-corrected chi connectivity index (χ1v) is 6.12. The molecule has 0 spiro atoms. The summed E-state index contributed by atoms with van der Waals surface area (Å²) in [6.45, 7) is 3.72. The van der Waals surface area contributed by atoms with E-state index in [-0.39, 0.29) is 11.6 Å². The number of halogens is 2. The molecule has 0 bridgehead atoms. The van der Waals surface area contributed by atoms with Gasteiger partial charge in [-0.25, -0.2) is 8.78 Å². The lowest BCUT2D eigenvalue weighted by Crippen LogP contribution is -2.13. The molecule has 2 rings (SSSR count). The average Bonchev–Trinajstić information content (AvgIpc) is 2.62. The van der Waals surface area contributed by atoms with Crippen molar-refractivity contribution in [1.29, 1.82) is 0 Å². The van der Waals surface area contributed by atoms with Crippen LogP contribution in [0.4, 0.5) is 14.5 Å². The van der Waals surface area contributed by atoms with Crippen LogP contribution in [0.2, 0.25) is 0 Å². The number of amides is 1. The van der Waals surface area contributed by atoms with Crippen LogP contribution in [0.3, 0.4) is 0 Å². The normalized spacial score (nSPS) is 10.4. The molecule has 5 heteroatoms. The molecule has 0 unspecified atom stereocenters. The number of nitrogens with one attached hydrogen (secondary N) is 1. The fourth-order valence-electron chi connectivity index (χ4n) is 1.64. The minimum absolute atomic E-state index is 0.0235. The highest BCUT2D eigenvalue weighted by Gasteiger charge is 2.14. The van der Waals surface area contributed by atoms with Gasteiger partial charge in [-0.05, 0) is 32.0 Å². The lowest BCUT2D eigenvalue weighted by molar-refractivity contribution is 0.102. The lowest BCUT2D eigenvalue weighted by atomic mass is 10.2. The molecule has 0 aliphatic heterocycles. The fourth-order valence-corrected chi connectivity index (χ4v) is 2.56. The number of anilines is 1. The maximum Gasteiger partial charge on any atom is 0.256 e. The van der Waals surface area contributed by atoms with Gasteiger partial charge in [-0.15, -0.1) is 11.3 Å². The van der Waals surface area contributed by atoms with Crippen LogP contribution < -0.4 is 5.32 Å². The standard InChI is InChI=1S/C13H11F2NOS/c1-7-5-10(8(2)18-7)13(17)16-12-4-3-9(14)6-11(12)15/h3-6H,1-2H3,(H,16,17). The Labute approximate surface area is 107 Å². The number of carbonyl (C=O) groups excluding carboxylic acids is 1.